The molecule has 25 heavy (non-hydrogen) atoms. The summed E-state index contributed by atoms with van der Waals surface area (Å²) in [6.07, 6.45) is -6.12. The zero-order valence-corrected chi connectivity index (χ0v) is 14.4. The number of aliphatic hydroxyl groups is 5. The molecule has 7 atom stereocenters. The summed E-state index contributed by atoms with van der Waals surface area (Å²) in [6, 6.07) is 0. The van der Waals surface area contributed by atoms with Gasteiger partial charge in [0, 0.05) is 6.42 Å². The Morgan fingerprint density at radius 3 is 2.40 bits per heavy atom. The number of rotatable bonds is 11. The van der Waals surface area contributed by atoms with Crippen molar-refractivity contribution in [3.63, 3.8) is 0 Å². The molecular weight excluding hydrogens is 336 g/mol. The molecule has 1 fully saturated rings. The van der Waals surface area contributed by atoms with Gasteiger partial charge in [-0.15, -0.1) is 0 Å². The van der Waals surface area contributed by atoms with Gasteiger partial charge in [-0.25, -0.2) is 0 Å². The molecular formula is C16H30O9. The van der Waals surface area contributed by atoms with E-state index in [0.717, 1.165) is 19.3 Å². The van der Waals surface area contributed by atoms with Crippen molar-refractivity contribution in [1.29, 1.82) is 0 Å². The molecule has 148 valence electrons. The second-order valence-corrected chi connectivity index (χ2v) is 6.44. The minimum Gasteiger partial charge on any atom is -0.481 e. The van der Waals surface area contributed by atoms with Gasteiger partial charge in [0.25, 0.3) is 0 Å². The second kappa shape index (κ2) is 11.0. The van der Waals surface area contributed by atoms with Crippen LogP contribution in [0.25, 0.3) is 0 Å². The van der Waals surface area contributed by atoms with Crippen LogP contribution in [0.1, 0.15) is 45.4 Å². The SMILES string of the molecule is CCCCC[C@@H](O)C[C@H](CC(=O)O)O[C@@H]1O[C@@H](CO)[C@@H](O)[C@@H](O)[C@@H]1O. The van der Waals surface area contributed by atoms with E-state index in [2.05, 4.69) is 0 Å². The first-order valence-electron chi connectivity index (χ1n) is 8.65. The monoisotopic (exact) mass is 366 g/mol. The highest BCUT2D eigenvalue weighted by atomic mass is 16.7. The van der Waals surface area contributed by atoms with Gasteiger partial charge < -0.3 is 40.1 Å². The first-order chi connectivity index (χ1) is 11.8. The van der Waals surface area contributed by atoms with Crippen LogP contribution in [-0.2, 0) is 14.3 Å². The van der Waals surface area contributed by atoms with Gasteiger partial charge in [-0.1, -0.05) is 26.2 Å². The minimum absolute atomic E-state index is 0.0328. The van der Waals surface area contributed by atoms with Crippen molar-refractivity contribution in [3.05, 3.63) is 0 Å². The third kappa shape index (κ3) is 7.14. The molecule has 1 aliphatic heterocycles. The number of carboxylic acid groups (broad SMARTS) is 1. The number of aliphatic carboxylic acids is 1. The van der Waals surface area contributed by atoms with Crippen LogP contribution in [0, 0.1) is 0 Å². The Kier molecular flexibility index (Phi) is 9.80. The Balaban J connectivity index is 2.67. The van der Waals surface area contributed by atoms with E-state index in [1.807, 2.05) is 6.92 Å². The van der Waals surface area contributed by atoms with Crippen LogP contribution in [0.15, 0.2) is 0 Å². The van der Waals surface area contributed by atoms with E-state index in [0.29, 0.717) is 6.42 Å². The summed E-state index contributed by atoms with van der Waals surface area (Å²) in [5.41, 5.74) is 0. The summed E-state index contributed by atoms with van der Waals surface area (Å²) in [6.45, 7) is 1.43. The van der Waals surface area contributed by atoms with Crippen molar-refractivity contribution < 1.29 is 44.9 Å². The van der Waals surface area contributed by atoms with Crippen LogP contribution in [0.5, 0.6) is 0 Å². The molecule has 6 N–H and O–H groups in total. The number of hydrogen-bond donors (Lipinski definition) is 6. The number of hydrogen-bond acceptors (Lipinski definition) is 8. The Morgan fingerprint density at radius 1 is 1.16 bits per heavy atom. The van der Waals surface area contributed by atoms with Crippen molar-refractivity contribution in [2.45, 2.75) is 88.4 Å². The molecule has 0 aromatic carbocycles. The molecule has 0 saturated carbocycles. The van der Waals surface area contributed by atoms with Crippen LogP contribution >= 0.6 is 0 Å². The van der Waals surface area contributed by atoms with Gasteiger partial charge in [0.2, 0.25) is 0 Å². The van der Waals surface area contributed by atoms with E-state index in [1.54, 1.807) is 0 Å². The third-order valence-electron chi connectivity index (χ3n) is 4.25. The summed E-state index contributed by atoms with van der Waals surface area (Å²) in [5.74, 6) is -1.14. The van der Waals surface area contributed by atoms with Crippen LogP contribution in [-0.4, -0.2) is 86.1 Å². The highest BCUT2D eigenvalue weighted by Crippen LogP contribution is 2.25. The maximum atomic E-state index is 11.0. The lowest BCUT2D eigenvalue weighted by Crippen LogP contribution is -2.59. The number of ether oxygens (including phenoxy) is 2. The lowest BCUT2D eigenvalue weighted by atomic mass is 9.99. The van der Waals surface area contributed by atoms with Crippen molar-refractivity contribution in [2.75, 3.05) is 6.61 Å². The molecule has 0 aromatic rings. The van der Waals surface area contributed by atoms with Gasteiger partial charge in [0.1, 0.15) is 24.4 Å². The van der Waals surface area contributed by atoms with Gasteiger partial charge in [-0.05, 0) is 6.42 Å². The largest absolute Gasteiger partial charge is 0.481 e. The topological polar surface area (TPSA) is 157 Å². The molecule has 0 radical (unpaired) electrons. The Bertz CT molecular complexity index is 390. The van der Waals surface area contributed by atoms with Crippen LogP contribution in [0.3, 0.4) is 0 Å². The fraction of sp³-hybridized carbons (Fsp3) is 0.938. The van der Waals surface area contributed by atoms with Gasteiger partial charge in [-0.2, -0.15) is 0 Å². The zero-order chi connectivity index (χ0) is 19.0. The molecule has 1 heterocycles. The predicted octanol–water partition coefficient (Wildman–Crippen LogP) is -1.02. The fourth-order valence-electron chi connectivity index (χ4n) is 2.80. The summed E-state index contributed by atoms with van der Waals surface area (Å²) < 4.78 is 10.7. The first kappa shape index (κ1) is 22.2. The van der Waals surface area contributed by atoms with Crippen molar-refractivity contribution in [2.24, 2.45) is 0 Å². The summed E-state index contributed by atoms with van der Waals surface area (Å²) >= 11 is 0. The number of unbranched alkanes of at least 4 members (excludes halogenated alkanes) is 2. The molecule has 0 aromatic heterocycles. The lowest BCUT2D eigenvalue weighted by Gasteiger charge is -2.40. The van der Waals surface area contributed by atoms with E-state index >= 15 is 0 Å². The van der Waals surface area contributed by atoms with Gasteiger partial charge in [0.15, 0.2) is 6.29 Å². The van der Waals surface area contributed by atoms with Crippen LogP contribution < -0.4 is 0 Å². The minimum atomic E-state index is -1.61. The summed E-state index contributed by atoms with van der Waals surface area (Å²) in [5, 5.41) is 57.7. The van der Waals surface area contributed by atoms with Crippen LogP contribution in [0.4, 0.5) is 0 Å². The quantitative estimate of drug-likeness (QED) is 0.252. The molecule has 1 rings (SSSR count). The van der Waals surface area contributed by atoms with E-state index in [-0.39, 0.29) is 6.42 Å². The highest BCUT2D eigenvalue weighted by molar-refractivity contribution is 5.67. The second-order valence-electron chi connectivity index (χ2n) is 6.44. The van der Waals surface area contributed by atoms with Crippen molar-refractivity contribution >= 4 is 5.97 Å². The average molecular weight is 366 g/mol. The lowest BCUT2D eigenvalue weighted by molar-refractivity contribution is -0.312. The average Bonchev–Trinajstić information content (AvgIpc) is 2.55. The maximum Gasteiger partial charge on any atom is 0.305 e. The Morgan fingerprint density at radius 2 is 1.84 bits per heavy atom. The third-order valence-corrected chi connectivity index (χ3v) is 4.25. The zero-order valence-electron chi connectivity index (χ0n) is 14.4. The highest BCUT2D eigenvalue weighted by Gasteiger charge is 2.45. The van der Waals surface area contributed by atoms with Crippen LogP contribution in [0.2, 0.25) is 0 Å². The smallest absolute Gasteiger partial charge is 0.305 e. The maximum absolute atomic E-state index is 11.0. The fourth-order valence-corrected chi connectivity index (χ4v) is 2.80. The molecule has 0 bridgehead atoms. The standard InChI is InChI=1S/C16H30O9/c1-2-3-4-5-9(18)6-10(7-12(19)20)24-16-15(23)14(22)13(21)11(8-17)25-16/h9-11,13-18,21-23H,2-8H2,1H3,(H,19,20)/t9-,10-,11+,13-,14-,15+,16-/m1/s1. The first-order valence-corrected chi connectivity index (χ1v) is 8.65. The molecule has 1 aliphatic rings. The molecule has 0 spiro atoms. The Labute approximate surface area is 146 Å². The molecule has 0 unspecified atom stereocenters. The normalized spacial score (nSPS) is 32.3. The van der Waals surface area contributed by atoms with Crippen molar-refractivity contribution in [1.82, 2.24) is 0 Å². The molecule has 9 nitrogen and oxygen atoms in total. The number of carbonyl (C=O) groups is 1. The molecule has 0 aliphatic carbocycles. The number of aliphatic hydroxyl groups excluding tert-OH is 5. The van der Waals surface area contributed by atoms with E-state index in [4.69, 9.17) is 19.7 Å². The van der Waals surface area contributed by atoms with Gasteiger partial charge in [0.05, 0.1) is 25.2 Å². The molecule has 1 saturated heterocycles. The number of carboxylic acids is 1. The van der Waals surface area contributed by atoms with E-state index < -0.39 is 61.9 Å². The van der Waals surface area contributed by atoms with E-state index in [9.17, 15) is 25.2 Å². The van der Waals surface area contributed by atoms with Gasteiger partial charge >= 0.3 is 5.97 Å². The predicted molar refractivity (Wildman–Crippen MR) is 85.7 cm³/mol. The summed E-state index contributed by atoms with van der Waals surface area (Å²) in [7, 11) is 0. The van der Waals surface area contributed by atoms with Crippen molar-refractivity contribution in [3.8, 4) is 0 Å². The van der Waals surface area contributed by atoms with Gasteiger partial charge in [-0.3, -0.25) is 4.79 Å². The molecule has 0 amide bonds. The Hall–Kier alpha value is -0.810. The van der Waals surface area contributed by atoms with E-state index in [1.165, 1.54) is 0 Å². The summed E-state index contributed by atoms with van der Waals surface area (Å²) in [4.78, 5) is 11.0. The molecule has 9 heteroatoms.